The van der Waals surface area contributed by atoms with E-state index in [0.29, 0.717) is 24.7 Å². The highest BCUT2D eigenvalue weighted by molar-refractivity contribution is 4.93. The van der Waals surface area contributed by atoms with E-state index in [0.717, 1.165) is 52.0 Å². The highest BCUT2D eigenvalue weighted by Gasteiger charge is 2.38. The van der Waals surface area contributed by atoms with Crippen molar-refractivity contribution in [3.63, 3.8) is 0 Å². The fraction of sp³-hybridized carbons (Fsp3) is 1.00. The summed E-state index contributed by atoms with van der Waals surface area (Å²) in [5.41, 5.74) is 0. The second-order valence-corrected chi connectivity index (χ2v) is 6.35. The second kappa shape index (κ2) is 6.06. The van der Waals surface area contributed by atoms with Crippen LogP contribution in [-0.4, -0.2) is 84.2 Å². The number of aliphatic hydroxyl groups excluding tert-OH is 2. The maximum atomic E-state index is 9.35. The number of hydrogen-bond donors (Lipinski definition) is 2. The van der Waals surface area contributed by atoms with Crippen LogP contribution in [0.15, 0.2) is 0 Å². The summed E-state index contributed by atoms with van der Waals surface area (Å²) in [6.45, 7) is 6.21. The van der Waals surface area contributed by atoms with Crippen molar-refractivity contribution >= 4 is 0 Å². The van der Waals surface area contributed by atoms with Crippen LogP contribution in [0.3, 0.4) is 0 Å². The average Bonchev–Trinajstić information content (AvgIpc) is 2.76. The minimum absolute atomic E-state index is 0.0333. The lowest BCUT2D eigenvalue weighted by molar-refractivity contribution is 0.00927. The lowest BCUT2D eigenvalue weighted by Crippen LogP contribution is -2.52. The lowest BCUT2D eigenvalue weighted by Gasteiger charge is -2.41. The number of ether oxygens (including phenoxy) is 1. The SMILES string of the molecule is OCCOC1CC2CN(CC3CC(O)C3)CCN2C1. The minimum atomic E-state index is -0.0333. The van der Waals surface area contributed by atoms with Gasteiger partial charge in [-0.3, -0.25) is 4.90 Å². The van der Waals surface area contributed by atoms with Crippen LogP contribution in [0.1, 0.15) is 19.3 Å². The Labute approximate surface area is 115 Å². The summed E-state index contributed by atoms with van der Waals surface area (Å²) in [5, 5.41) is 18.2. The van der Waals surface area contributed by atoms with Gasteiger partial charge in [0.25, 0.3) is 0 Å². The van der Waals surface area contributed by atoms with Crippen molar-refractivity contribution in [2.45, 2.75) is 37.5 Å². The van der Waals surface area contributed by atoms with Gasteiger partial charge in [0, 0.05) is 38.8 Å². The van der Waals surface area contributed by atoms with E-state index in [1.165, 1.54) is 0 Å². The van der Waals surface area contributed by atoms with E-state index in [4.69, 9.17) is 9.84 Å². The van der Waals surface area contributed by atoms with Crippen molar-refractivity contribution in [1.82, 2.24) is 9.80 Å². The molecule has 0 amide bonds. The molecular weight excluding hydrogens is 244 g/mol. The average molecular weight is 270 g/mol. The molecule has 0 aromatic heterocycles. The quantitative estimate of drug-likeness (QED) is 0.707. The third-order valence-electron chi connectivity index (χ3n) is 4.83. The second-order valence-electron chi connectivity index (χ2n) is 6.35. The normalized spacial score (nSPS) is 40.1. The number of hydrogen-bond acceptors (Lipinski definition) is 5. The monoisotopic (exact) mass is 270 g/mol. The molecule has 0 aromatic carbocycles. The molecule has 2 aliphatic heterocycles. The number of piperazine rings is 1. The van der Waals surface area contributed by atoms with Gasteiger partial charge in [-0.15, -0.1) is 0 Å². The zero-order valence-electron chi connectivity index (χ0n) is 11.6. The van der Waals surface area contributed by atoms with Crippen molar-refractivity contribution in [3.8, 4) is 0 Å². The molecule has 5 heteroatoms. The zero-order chi connectivity index (χ0) is 13.2. The highest BCUT2D eigenvalue weighted by Crippen LogP contribution is 2.30. The van der Waals surface area contributed by atoms with Crippen LogP contribution < -0.4 is 0 Å². The van der Waals surface area contributed by atoms with Gasteiger partial charge in [0.2, 0.25) is 0 Å². The van der Waals surface area contributed by atoms with Gasteiger partial charge in [-0.25, -0.2) is 0 Å². The first-order valence-electron chi connectivity index (χ1n) is 7.61. The van der Waals surface area contributed by atoms with Crippen molar-refractivity contribution in [3.05, 3.63) is 0 Å². The van der Waals surface area contributed by atoms with Crippen LogP contribution in [-0.2, 0) is 4.74 Å². The van der Waals surface area contributed by atoms with Crippen molar-refractivity contribution in [2.24, 2.45) is 5.92 Å². The summed E-state index contributed by atoms with van der Waals surface area (Å²) < 4.78 is 5.66. The van der Waals surface area contributed by atoms with E-state index in [2.05, 4.69) is 9.80 Å². The van der Waals surface area contributed by atoms with Gasteiger partial charge in [-0.05, 0) is 25.2 Å². The largest absolute Gasteiger partial charge is 0.394 e. The first-order chi connectivity index (χ1) is 9.24. The van der Waals surface area contributed by atoms with Gasteiger partial charge in [0.05, 0.1) is 25.4 Å². The van der Waals surface area contributed by atoms with Gasteiger partial charge < -0.3 is 19.8 Å². The Morgan fingerprint density at radius 1 is 1.11 bits per heavy atom. The highest BCUT2D eigenvalue weighted by atomic mass is 16.5. The molecule has 0 aromatic rings. The molecule has 3 fully saturated rings. The van der Waals surface area contributed by atoms with E-state index < -0.39 is 0 Å². The Morgan fingerprint density at radius 3 is 2.68 bits per heavy atom. The maximum absolute atomic E-state index is 9.35. The number of rotatable bonds is 5. The van der Waals surface area contributed by atoms with Gasteiger partial charge >= 0.3 is 0 Å². The molecule has 2 saturated heterocycles. The van der Waals surface area contributed by atoms with Crippen molar-refractivity contribution in [2.75, 3.05) is 45.9 Å². The first-order valence-corrected chi connectivity index (χ1v) is 7.61. The van der Waals surface area contributed by atoms with E-state index in [1.807, 2.05) is 0 Å². The molecule has 19 heavy (non-hydrogen) atoms. The molecule has 2 unspecified atom stereocenters. The lowest BCUT2D eigenvalue weighted by atomic mass is 9.82. The number of fused-ring (bicyclic) bond motifs is 1. The summed E-state index contributed by atoms with van der Waals surface area (Å²) >= 11 is 0. The summed E-state index contributed by atoms with van der Waals surface area (Å²) in [7, 11) is 0. The third-order valence-corrected chi connectivity index (χ3v) is 4.83. The van der Waals surface area contributed by atoms with Crippen LogP contribution in [0.4, 0.5) is 0 Å². The fourth-order valence-corrected chi connectivity index (χ4v) is 3.78. The zero-order valence-corrected chi connectivity index (χ0v) is 11.6. The molecule has 2 heterocycles. The van der Waals surface area contributed by atoms with E-state index in [-0.39, 0.29) is 12.7 Å². The summed E-state index contributed by atoms with van der Waals surface area (Å²) in [6, 6.07) is 0.627. The predicted octanol–water partition coefficient (Wildman–Crippen LogP) is -0.475. The number of nitrogens with zero attached hydrogens (tertiary/aromatic N) is 2. The van der Waals surface area contributed by atoms with Crippen LogP contribution >= 0.6 is 0 Å². The van der Waals surface area contributed by atoms with Crippen LogP contribution in [0.25, 0.3) is 0 Å². The Hall–Kier alpha value is -0.200. The molecule has 3 aliphatic rings. The van der Waals surface area contributed by atoms with Crippen LogP contribution in [0.2, 0.25) is 0 Å². The molecule has 1 saturated carbocycles. The first kappa shape index (κ1) is 13.8. The summed E-state index contributed by atoms with van der Waals surface area (Å²) in [6.07, 6.45) is 3.36. The van der Waals surface area contributed by atoms with Crippen molar-refractivity contribution in [1.29, 1.82) is 0 Å². The molecule has 1 aliphatic carbocycles. The summed E-state index contributed by atoms with van der Waals surface area (Å²) in [5.74, 6) is 0.712. The maximum Gasteiger partial charge on any atom is 0.0718 e. The molecule has 0 radical (unpaired) electrons. The molecule has 3 rings (SSSR count). The molecule has 2 N–H and O–H groups in total. The molecule has 110 valence electrons. The Kier molecular flexibility index (Phi) is 4.39. The van der Waals surface area contributed by atoms with Crippen LogP contribution in [0, 0.1) is 5.92 Å². The summed E-state index contributed by atoms with van der Waals surface area (Å²) in [4.78, 5) is 5.10. The smallest absolute Gasteiger partial charge is 0.0718 e. The Bertz CT molecular complexity index is 296. The van der Waals surface area contributed by atoms with E-state index in [1.54, 1.807) is 0 Å². The van der Waals surface area contributed by atoms with E-state index in [9.17, 15) is 5.11 Å². The van der Waals surface area contributed by atoms with Gasteiger partial charge in [-0.1, -0.05) is 0 Å². The fourth-order valence-electron chi connectivity index (χ4n) is 3.78. The number of aliphatic hydroxyl groups is 2. The van der Waals surface area contributed by atoms with Gasteiger partial charge in [0.1, 0.15) is 0 Å². The van der Waals surface area contributed by atoms with E-state index >= 15 is 0 Å². The Balaban J connectivity index is 1.42. The molecule has 5 nitrogen and oxygen atoms in total. The molecular formula is C14H26N2O3. The van der Waals surface area contributed by atoms with Crippen molar-refractivity contribution < 1.29 is 14.9 Å². The van der Waals surface area contributed by atoms with Crippen LogP contribution in [0.5, 0.6) is 0 Å². The molecule has 2 atom stereocenters. The minimum Gasteiger partial charge on any atom is -0.394 e. The predicted molar refractivity (Wildman–Crippen MR) is 72.0 cm³/mol. The molecule has 0 bridgehead atoms. The topological polar surface area (TPSA) is 56.2 Å². The Morgan fingerprint density at radius 2 is 1.95 bits per heavy atom. The molecule has 0 spiro atoms. The van der Waals surface area contributed by atoms with Gasteiger partial charge in [-0.2, -0.15) is 0 Å². The van der Waals surface area contributed by atoms with Gasteiger partial charge in [0.15, 0.2) is 0 Å². The standard InChI is InChI=1S/C14H26N2O3/c17-3-4-19-14-7-12-9-15(1-2-16(12)10-14)8-11-5-13(18)6-11/h11-14,17-18H,1-10H2. The third kappa shape index (κ3) is 3.28.